The SMILES string of the molecule is Cc1ccccc1Nc1nc(N)nc(COC(=O)c2ccc3c(c2)CCCC3)n1. The molecule has 1 heterocycles. The Morgan fingerprint density at radius 1 is 1.07 bits per heavy atom. The maximum Gasteiger partial charge on any atom is 0.338 e. The van der Waals surface area contributed by atoms with Gasteiger partial charge in [0.1, 0.15) is 0 Å². The lowest BCUT2D eigenvalue weighted by Crippen LogP contribution is -2.12. The number of benzene rings is 2. The minimum atomic E-state index is -0.397. The fourth-order valence-electron chi connectivity index (χ4n) is 3.47. The zero-order valence-electron chi connectivity index (χ0n) is 16.3. The van der Waals surface area contributed by atoms with Crippen LogP contribution in [0.2, 0.25) is 0 Å². The molecule has 29 heavy (non-hydrogen) atoms. The highest BCUT2D eigenvalue weighted by Gasteiger charge is 2.15. The van der Waals surface area contributed by atoms with Crippen LogP contribution in [-0.2, 0) is 24.2 Å². The van der Waals surface area contributed by atoms with Crippen molar-refractivity contribution in [1.29, 1.82) is 0 Å². The van der Waals surface area contributed by atoms with Crippen LogP contribution < -0.4 is 11.1 Å². The number of carbonyl (C=O) groups excluding carboxylic acids is 1. The predicted octanol–water partition coefficient (Wildman–Crippen LogP) is 3.74. The number of hydrogen-bond donors (Lipinski definition) is 2. The second-order valence-corrected chi connectivity index (χ2v) is 7.14. The summed E-state index contributed by atoms with van der Waals surface area (Å²) < 4.78 is 5.41. The first kappa shape index (κ1) is 18.9. The van der Waals surface area contributed by atoms with Crippen molar-refractivity contribution in [2.45, 2.75) is 39.2 Å². The fourth-order valence-corrected chi connectivity index (χ4v) is 3.47. The van der Waals surface area contributed by atoms with Gasteiger partial charge < -0.3 is 15.8 Å². The average Bonchev–Trinajstić information content (AvgIpc) is 2.73. The molecule has 4 rings (SSSR count). The third-order valence-corrected chi connectivity index (χ3v) is 5.01. The molecule has 0 amide bonds. The molecule has 7 heteroatoms. The van der Waals surface area contributed by atoms with E-state index in [2.05, 4.69) is 20.3 Å². The first-order valence-corrected chi connectivity index (χ1v) is 9.70. The normalized spacial score (nSPS) is 12.9. The topological polar surface area (TPSA) is 103 Å². The van der Waals surface area contributed by atoms with Gasteiger partial charge in [0, 0.05) is 5.69 Å². The molecule has 3 N–H and O–H groups in total. The number of ether oxygens (including phenoxy) is 1. The van der Waals surface area contributed by atoms with Crippen molar-refractivity contribution in [3.05, 3.63) is 70.5 Å². The Morgan fingerprint density at radius 2 is 1.86 bits per heavy atom. The van der Waals surface area contributed by atoms with E-state index in [9.17, 15) is 4.79 Å². The van der Waals surface area contributed by atoms with Crippen LogP contribution >= 0.6 is 0 Å². The zero-order chi connectivity index (χ0) is 20.2. The third-order valence-electron chi connectivity index (χ3n) is 5.01. The molecule has 0 spiro atoms. The highest BCUT2D eigenvalue weighted by molar-refractivity contribution is 5.89. The first-order chi connectivity index (χ1) is 14.1. The summed E-state index contributed by atoms with van der Waals surface area (Å²) >= 11 is 0. The largest absolute Gasteiger partial charge is 0.454 e. The van der Waals surface area contributed by atoms with Gasteiger partial charge in [-0.25, -0.2) is 4.79 Å². The Bertz CT molecular complexity index is 1050. The minimum Gasteiger partial charge on any atom is -0.454 e. The van der Waals surface area contributed by atoms with E-state index in [0.717, 1.165) is 30.5 Å². The summed E-state index contributed by atoms with van der Waals surface area (Å²) in [4.78, 5) is 25.0. The van der Waals surface area contributed by atoms with Gasteiger partial charge in [-0.2, -0.15) is 15.0 Å². The van der Waals surface area contributed by atoms with Gasteiger partial charge in [-0.15, -0.1) is 0 Å². The van der Waals surface area contributed by atoms with E-state index in [1.54, 1.807) is 0 Å². The summed E-state index contributed by atoms with van der Waals surface area (Å²) in [7, 11) is 0. The summed E-state index contributed by atoms with van der Waals surface area (Å²) in [6.45, 7) is 1.90. The number of nitrogens with two attached hydrogens (primary N) is 1. The number of nitrogens with one attached hydrogen (secondary N) is 1. The lowest BCUT2D eigenvalue weighted by atomic mass is 9.90. The number of esters is 1. The molecule has 3 aromatic rings. The van der Waals surface area contributed by atoms with Gasteiger partial charge in [-0.05, 0) is 67.5 Å². The quantitative estimate of drug-likeness (QED) is 0.641. The predicted molar refractivity (Wildman–Crippen MR) is 111 cm³/mol. The van der Waals surface area contributed by atoms with Gasteiger partial charge >= 0.3 is 5.97 Å². The van der Waals surface area contributed by atoms with Crippen molar-refractivity contribution < 1.29 is 9.53 Å². The van der Waals surface area contributed by atoms with Crippen molar-refractivity contribution in [3.8, 4) is 0 Å². The van der Waals surface area contributed by atoms with Gasteiger partial charge in [0.15, 0.2) is 12.4 Å². The van der Waals surface area contributed by atoms with E-state index >= 15 is 0 Å². The van der Waals surface area contributed by atoms with Gasteiger partial charge in [-0.3, -0.25) is 0 Å². The van der Waals surface area contributed by atoms with Crippen LogP contribution in [0.4, 0.5) is 17.6 Å². The Hall–Kier alpha value is -3.48. The second kappa shape index (κ2) is 8.26. The summed E-state index contributed by atoms with van der Waals surface area (Å²) in [5, 5.41) is 3.12. The van der Waals surface area contributed by atoms with Crippen LogP contribution in [0.5, 0.6) is 0 Å². The summed E-state index contributed by atoms with van der Waals surface area (Å²) in [6.07, 6.45) is 4.45. The molecule has 0 atom stereocenters. The standard InChI is InChI=1S/C22H23N5O2/c1-14-6-2-5-9-18(14)24-22-26-19(25-21(23)27-22)13-29-20(28)17-11-10-15-7-3-4-8-16(15)12-17/h2,5-6,9-12H,3-4,7-8,13H2,1H3,(H3,23,24,25,26,27). The molecule has 1 aliphatic rings. The molecule has 0 saturated carbocycles. The van der Waals surface area contributed by atoms with Crippen molar-refractivity contribution in [2.75, 3.05) is 11.1 Å². The van der Waals surface area contributed by atoms with E-state index in [4.69, 9.17) is 10.5 Å². The van der Waals surface area contributed by atoms with Crippen LogP contribution in [0.3, 0.4) is 0 Å². The number of aromatic nitrogens is 3. The molecule has 0 fully saturated rings. The van der Waals surface area contributed by atoms with E-state index in [0.29, 0.717) is 17.3 Å². The number of para-hydroxylation sites is 1. The highest BCUT2D eigenvalue weighted by atomic mass is 16.5. The van der Waals surface area contributed by atoms with Gasteiger partial charge in [-0.1, -0.05) is 24.3 Å². The Balaban J connectivity index is 1.45. The number of hydrogen-bond acceptors (Lipinski definition) is 7. The molecular formula is C22H23N5O2. The van der Waals surface area contributed by atoms with Crippen LogP contribution in [0, 0.1) is 6.92 Å². The van der Waals surface area contributed by atoms with Gasteiger partial charge in [0.05, 0.1) is 5.56 Å². The summed E-state index contributed by atoms with van der Waals surface area (Å²) in [5.41, 5.74) is 10.8. The van der Waals surface area contributed by atoms with Crippen molar-refractivity contribution >= 4 is 23.6 Å². The first-order valence-electron chi connectivity index (χ1n) is 9.70. The van der Waals surface area contributed by atoms with Crippen molar-refractivity contribution in [3.63, 3.8) is 0 Å². The second-order valence-electron chi connectivity index (χ2n) is 7.14. The Morgan fingerprint density at radius 3 is 2.69 bits per heavy atom. The summed E-state index contributed by atoms with van der Waals surface area (Å²) in [6, 6.07) is 13.5. The van der Waals surface area contributed by atoms with Crippen LogP contribution in [0.25, 0.3) is 0 Å². The summed E-state index contributed by atoms with van der Waals surface area (Å²) in [5.74, 6) is 0.271. The number of anilines is 3. The molecule has 2 aromatic carbocycles. The minimum absolute atomic E-state index is 0.0657. The van der Waals surface area contributed by atoms with Crippen molar-refractivity contribution in [1.82, 2.24) is 15.0 Å². The zero-order valence-corrected chi connectivity index (χ0v) is 16.3. The lowest BCUT2D eigenvalue weighted by Gasteiger charge is -2.16. The number of rotatable bonds is 5. The fraction of sp³-hybridized carbons (Fsp3) is 0.273. The average molecular weight is 389 g/mol. The van der Waals surface area contributed by atoms with Crippen LogP contribution in [0.15, 0.2) is 42.5 Å². The molecule has 1 aromatic heterocycles. The van der Waals surface area contributed by atoms with Crippen LogP contribution in [0.1, 0.15) is 45.7 Å². The lowest BCUT2D eigenvalue weighted by molar-refractivity contribution is 0.0462. The van der Waals surface area contributed by atoms with Gasteiger partial charge in [0.25, 0.3) is 0 Å². The molecule has 0 unspecified atom stereocenters. The number of nitrogens with zero attached hydrogens (tertiary/aromatic N) is 3. The molecule has 0 bridgehead atoms. The molecule has 1 aliphatic carbocycles. The highest BCUT2D eigenvalue weighted by Crippen LogP contribution is 2.23. The molecule has 0 saturated heterocycles. The Kier molecular flexibility index (Phi) is 5.37. The van der Waals surface area contributed by atoms with Gasteiger partial charge in [0.2, 0.25) is 11.9 Å². The van der Waals surface area contributed by atoms with Crippen LogP contribution in [-0.4, -0.2) is 20.9 Å². The molecular weight excluding hydrogens is 366 g/mol. The molecule has 0 radical (unpaired) electrons. The smallest absolute Gasteiger partial charge is 0.338 e. The third kappa shape index (κ3) is 4.51. The maximum atomic E-state index is 12.5. The van der Waals surface area contributed by atoms with E-state index in [1.807, 2.05) is 49.4 Å². The van der Waals surface area contributed by atoms with E-state index in [1.165, 1.54) is 17.5 Å². The van der Waals surface area contributed by atoms with E-state index in [-0.39, 0.29) is 12.6 Å². The molecule has 7 nitrogen and oxygen atoms in total. The maximum absolute atomic E-state index is 12.5. The molecule has 0 aliphatic heterocycles. The number of fused-ring (bicyclic) bond motifs is 1. The molecule has 148 valence electrons. The number of aryl methyl sites for hydroxylation is 3. The van der Waals surface area contributed by atoms with Crippen molar-refractivity contribution in [2.24, 2.45) is 0 Å². The van der Waals surface area contributed by atoms with E-state index < -0.39 is 5.97 Å². The number of carbonyl (C=O) groups is 1. The Labute approximate surface area is 169 Å². The monoisotopic (exact) mass is 389 g/mol. The number of nitrogen functional groups attached to an aromatic ring is 1.